The molecular formula is C33H33F5N6O. The number of nitrogens with one attached hydrogen (secondary N) is 1. The summed E-state index contributed by atoms with van der Waals surface area (Å²) in [6.07, 6.45) is 7.97. The number of hydrogen-bond donors (Lipinski definition) is 1. The van der Waals surface area contributed by atoms with Gasteiger partial charge in [0.15, 0.2) is 11.6 Å². The van der Waals surface area contributed by atoms with Crippen molar-refractivity contribution in [2.45, 2.75) is 68.9 Å². The highest BCUT2D eigenvalue weighted by Gasteiger charge is 2.49. The maximum atomic E-state index is 14.9. The van der Waals surface area contributed by atoms with Crippen LogP contribution in [0.5, 0.6) is 6.01 Å². The third kappa shape index (κ3) is 5.61. The predicted octanol–water partition coefficient (Wildman–Crippen LogP) is 5.34. The second-order valence-electron chi connectivity index (χ2n) is 12.6. The van der Waals surface area contributed by atoms with E-state index < -0.39 is 29.8 Å². The zero-order valence-corrected chi connectivity index (χ0v) is 24.6. The van der Waals surface area contributed by atoms with Gasteiger partial charge in [-0.3, -0.25) is 9.89 Å². The number of benzene rings is 2. The van der Waals surface area contributed by atoms with Gasteiger partial charge in [-0.25, -0.2) is 22.0 Å². The number of aliphatic imine (C=N–C) groups is 1. The van der Waals surface area contributed by atoms with E-state index in [-0.39, 0.29) is 58.8 Å². The van der Waals surface area contributed by atoms with Crippen LogP contribution >= 0.6 is 0 Å². The number of aromatic nitrogens is 2. The fourth-order valence-corrected chi connectivity index (χ4v) is 7.58. The molecule has 2 bridgehead atoms. The molecule has 4 fully saturated rings. The van der Waals surface area contributed by atoms with E-state index in [0.29, 0.717) is 37.4 Å². The molecule has 0 radical (unpaired) electrons. The second-order valence-corrected chi connectivity index (χ2v) is 12.6. The van der Waals surface area contributed by atoms with Gasteiger partial charge in [0.1, 0.15) is 24.3 Å². The third-order valence-corrected chi connectivity index (χ3v) is 9.63. The Balaban J connectivity index is 1.23. The molecule has 45 heavy (non-hydrogen) atoms. The summed E-state index contributed by atoms with van der Waals surface area (Å²) in [5.41, 5.74) is 0.0780. The smallest absolute Gasteiger partial charge is 0.319 e. The summed E-state index contributed by atoms with van der Waals surface area (Å²) >= 11 is 0. The lowest BCUT2D eigenvalue weighted by atomic mass is 9.95. The van der Waals surface area contributed by atoms with Crippen LogP contribution in [0.25, 0.3) is 10.8 Å². The molecule has 0 spiro atoms. The molecule has 2 aromatic carbocycles. The van der Waals surface area contributed by atoms with Crippen molar-refractivity contribution < 1.29 is 26.7 Å². The zero-order chi connectivity index (χ0) is 31.3. The minimum atomic E-state index is -2.80. The Kier molecular flexibility index (Phi) is 7.86. The number of halogens is 5. The number of ether oxygens (including phenoxy) is 1. The molecule has 4 unspecified atom stereocenters. The topological polar surface area (TPSA) is 65.9 Å². The first kappa shape index (κ1) is 29.9. The van der Waals surface area contributed by atoms with Crippen LogP contribution in [0.4, 0.5) is 27.8 Å². The lowest BCUT2D eigenvalue weighted by molar-refractivity contribution is 0.107. The van der Waals surface area contributed by atoms with Crippen LogP contribution in [0.2, 0.25) is 0 Å². The van der Waals surface area contributed by atoms with Crippen molar-refractivity contribution in [2.24, 2.45) is 4.99 Å². The molecule has 7 rings (SSSR count). The number of hydrogen-bond acceptors (Lipinski definition) is 7. The molecule has 4 saturated heterocycles. The Morgan fingerprint density at radius 1 is 1.16 bits per heavy atom. The van der Waals surface area contributed by atoms with Crippen molar-refractivity contribution in [1.82, 2.24) is 20.2 Å². The molecule has 1 N–H and O–H groups in total. The summed E-state index contributed by atoms with van der Waals surface area (Å²) in [4.78, 5) is 18.0. The first-order valence-electron chi connectivity index (χ1n) is 15.3. The summed E-state index contributed by atoms with van der Waals surface area (Å²) in [5.74, 6) is 0.934. The fraction of sp³-hybridized carbons (Fsp3) is 0.485. The standard InChI is InChI=1S/C33H33F5N6O/c1-2-27-25(14-39-13-21-11-20(30(37)38)10-19-4-7-26(35)29(36)28(19)21)31(43-16-23-5-6-24(17-43)40-23)42-32(41-27)45-18-33-8-3-9-44(33)15-22(34)12-33/h1,4,7,10-11,14,22-24,30,40H,3,5-6,8-9,12-13,15-18H2. The van der Waals surface area contributed by atoms with Crippen molar-refractivity contribution in [3.05, 3.63) is 58.3 Å². The molecule has 0 aliphatic carbocycles. The maximum Gasteiger partial charge on any atom is 0.319 e. The van der Waals surface area contributed by atoms with Gasteiger partial charge in [-0.15, -0.1) is 6.42 Å². The summed E-state index contributed by atoms with van der Waals surface area (Å²) in [7, 11) is 0. The molecule has 0 amide bonds. The van der Waals surface area contributed by atoms with Gasteiger partial charge < -0.3 is 15.0 Å². The van der Waals surface area contributed by atoms with Crippen molar-refractivity contribution in [1.29, 1.82) is 0 Å². The van der Waals surface area contributed by atoms with E-state index in [2.05, 4.69) is 31.0 Å². The summed E-state index contributed by atoms with van der Waals surface area (Å²) in [6, 6.07) is 5.13. The van der Waals surface area contributed by atoms with Crippen LogP contribution in [0, 0.1) is 24.0 Å². The van der Waals surface area contributed by atoms with Gasteiger partial charge in [0.25, 0.3) is 6.43 Å². The second kappa shape index (κ2) is 11.8. The molecule has 4 aliphatic heterocycles. The van der Waals surface area contributed by atoms with E-state index in [0.717, 1.165) is 50.4 Å². The molecular weight excluding hydrogens is 591 g/mol. The number of fused-ring (bicyclic) bond motifs is 4. The van der Waals surface area contributed by atoms with E-state index >= 15 is 0 Å². The Morgan fingerprint density at radius 3 is 2.71 bits per heavy atom. The lowest BCUT2D eigenvalue weighted by Gasteiger charge is -2.35. The zero-order valence-electron chi connectivity index (χ0n) is 24.6. The van der Waals surface area contributed by atoms with Crippen molar-refractivity contribution in [3.8, 4) is 18.4 Å². The molecule has 7 nitrogen and oxygen atoms in total. The van der Waals surface area contributed by atoms with Gasteiger partial charge in [-0.1, -0.05) is 6.07 Å². The molecule has 0 saturated carbocycles. The molecule has 236 valence electrons. The first-order chi connectivity index (χ1) is 21.7. The highest BCUT2D eigenvalue weighted by molar-refractivity contribution is 5.90. The van der Waals surface area contributed by atoms with E-state index in [9.17, 15) is 22.0 Å². The van der Waals surface area contributed by atoms with Crippen molar-refractivity contribution in [2.75, 3.05) is 37.7 Å². The Hall–Kier alpha value is -3.82. The van der Waals surface area contributed by atoms with E-state index in [1.165, 1.54) is 12.3 Å². The lowest BCUT2D eigenvalue weighted by Crippen LogP contribution is -2.51. The quantitative estimate of drug-likeness (QED) is 0.208. The van der Waals surface area contributed by atoms with Gasteiger partial charge >= 0.3 is 6.01 Å². The highest BCUT2D eigenvalue weighted by Crippen LogP contribution is 2.40. The van der Waals surface area contributed by atoms with Crippen LogP contribution in [0.15, 0.2) is 29.3 Å². The van der Waals surface area contributed by atoms with Crippen molar-refractivity contribution in [3.63, 3.8) is 0 Å². The minimum Gasteiger partial charge on any atom is -0.461 e. The van der Waals surface area contributed by atoms with Gasteiger partial charge in [-0.2, -0.15) is 9.97 Å². The van der Waals surface area contributed by atoms with Crippen LogP contribution in [0.3, 0.4) is 0 Å². The monoisotopic (exact) mass is 624 g/mol. The van der Waals surface area contributed by atoms with Crippen LogP contribution in [0.1, 0.15) is 60.9 Å². The predicted molar refractivity (Wildman–Crippen MR) is 161 cm³/mol. The van der Waals surface area contributed by atoms with E-state index in [1.54, 1.807) is 0 Å². The minimum absolute atomic E-state index is 0.0951. The largest absolute Gasteiger partial charge is 0.461 e. The molecule has 12 heteroatoms. The van der Waals surface area contributed by atoms with Gasteiger partial charge in [0.2, 0.25) is 0 Å². The normalized spacial score (nSPS) is 26.3. The Bertz CT molecular complexity index is 1680. The van der Waals surface area contributed by atoms with Gasteiger partial charge in [0.05, 0.1) is 17.6 Å². The van der Waals surface area contributed by atoms with Crippen molar-refractivity contribution >= 4 is 22.8 Å². The Morgan fingerprint density at radius 2 is 1.96 bits per heavy atom. The van der Waals surface area contributed by atoms with Gasteiger partial charge in [0, 0.05) is 55.3 Å². The number of alkyl halides is 3. The third-order valence-electron chi connectivity index (χ3n) is 9.63. The number of terminal acetylenes is 1. The molecule has 3 aromatic rings. The Labute approximate surface area is 257 Å². The van der Waals surface area contributed by atoms with E-state index in [1.807, 2.05) is 0 Å². The number of piperazine rings is 1. The number of rotatable bonds is 8. The summed E-state index contributed by atoms with van der Waals surface area (Å²) < 4.78 is 76.9. The maximum absolute atomic E-state index is 14.9. The van der Waals surface area contributed by atoms with Crippen LogP contribution in [-0.2, 0) is 6.54 Å². The fourth-order valence-electron chi connectivity index (χ4n) is 7.58. The summed E-state index contributed by atoms with van der Waals surface area (Å²) in [5, 5.41) is 3.65. The molecule has 4 aliphatic rings. The van der Waals surface area contributed by atoms with E-state index in [4.69, 9.17) is 16.1 Å². The molecule has 4 atom stereocenters. The van der Waals surface area contributed by atoms with Crippen LogP contribution < -0.4 is 15.0 Å². The summed E-state index contributed by atoms with van der Waals surface area (Å²) in [6.45, 7) is 2.60. The highest BCUT2D eigenvalue weighted by atomic mass is 19.3. The SMILES string of the molecule is C#Cc1nc(OCC23CCCN2CC(F)C3)nc(N2CC3CCC(C2)N3)c1C=NCc1cc(C(F)F)cc2ccc(F)c(F)c12. The molecule has 1 aromatic heterocycles. The number of anilines is 1. The average molecular weight is 625 g/mol. The van der Waals surface area contributed by atoms with Gasteiger partial charge in [-0.05, 0) is 67.3 Å². The van der Waals surface area contributed by atoms with Crippen LogP contribution in [-0.4, -0.2) is 77.7 Å². The molecule has 5 heterocycles. The average Bonchev–Trinajstić information content (AvgIpc) is 3.67. The number of nitrogens with zero attached hydrogens (tertiary/aromatic N) is 5. The first-order valence-corrected chi connectivity index (χ1v) is 15.3.